The zero-order valence-electron chi connectivity index (χ0n) is 20.4. The first kappa shape index (κ1) is 24.4. The third kappa shape index (κ3) is 3.94. The minimum Gasteiger partial charge on any atom is -0.543 e. The van der Waals surface area contributed by atoms with Crippen molar-refractivity contribution in [3.8, 4) is 5.75 Å². The minimum atomic E-state index is -4.88. The van der Waals surface area contributed by atoms with E-state index >= 15 is 0 Å². The van der Waals surface area contributed by atoms with E-state index in [4.69, 9.17) is 4.43 Å². The lowest BCUT2D eigenvalue weighted by atomic mass is 9.55. The maximum atomic E-state index is 13.2. The van der Waals surface area contributed by atoms with Crippen LogP contribution in [0.15, 0.2) is 29.5 Å². The van der Waals surface area contributed by atoms with Crippen LogP contribution < -0.4 is 4.43 Å². The Morgan fingerprint density at radius 1 is 1.18 bits per heavy atom. The van der Waals surface area contributed by atoms with Crippen molar-refractivity contribution < 1.29 is 27.5 Å². The molecule has 1 aromatic carbocycles. The molecule has 0 heterocycles. The van der Waals surface area contributed by atoms with Crippen LogP contribution in [0.25, 0.3) is 0 Å². The highest BCUT2D eigenvalue weighted by atomic mass is 28.4. The van der Waals surface area contributed by atoms with Crippen LogP contribution in [0.1, 0.15) is 70.4 Å². The van der Waals surface area contributed by atoms with Gasteiger partial charge in [-0.15, -0.1) is 0 Å². The summed E-state index contributed by atoms with van der Waals surface area (Å²) in [5.74, 6) is -1.09. The lowest BCUT2D eigenvalue weighted by molar-refractivity contribution is -0.131. The van der Waals surface area contributed by atoms with Gasteiger partial charge in [0.25, 0.3) is 0 Å². The molecule has 3 nitrogen and oxygen atoms in total. The molecule has 0 bridgehead atoms. The van der Waals surface area contributed by atoms with Gasteiger partial charge in [0.1, 0.15) is 5.75 Å². The van der Waals surface area contributed by atoms with Crippen molar-refractivity contribution in [2.75, 3.05) is 0 Å². The van der Waals surface area contributed by atoms with E-state index < -0.39 is 37.0 Å². The Balaban J connectivity index is 1.62. The van der Waals surface area contributed by atoms with E-state index in [-0.39, 0.29) is 29.2 Å². The fourth-order valence-electron chi connectivity index (χ4n) is 6.08. The highest BCUT2D eigenvalue weighted by Crippen LogP contribution is 2.61. The lowest BCUT2D eigenvalue weighted by Crippen LogP contribution is -2.44. The number of rotatable bonds is 2. The second kappa shape index (κ2) is 7.62. The topological polar surface area (TPSA) is 46.5 Å². The Bertz CT molecular complexity index is 1010. The molecule has 3 aliphatic rings. The number of benzene rings is 1. The molecule has 0 spiro atoms. The number of hydrogen-bond donors (Lipinski definition) is 1. The molecule has 0 amide bonds. The normalized spacial score (nSPS) is 31.5. The summed E-state index contributed by atoms with van der Waals surface area (Å²) in [6.45, 7) is 12.9. The number of Topliss-reactive ketones (excluding diaryl/α,β-unsaturated/α-hetero) is 1. The van der Waals surface area contributed by atoms with Gasteiger partial charge in [0.15, 0.2) is 5.78 Å². The molecular weight excluding hydrogens is 445 g/mol. The van der Waals surface area contributed by atoms with E-state index in [1.165, 1.54) is 11.1 Å². The summed E-state index contributed by atoms with van der Waals surface area (Å²) >= 11 is 0. The van der Waals surface area contributed by atoms with E-state index in [2.05, 4.69) is 46.0 Å². The number of carbonyl (C=O) groups excluding carboxylic acids is 1. The molecule has 0 saturated heterocycles. The molecule has 0 aliphatic heterocycles. The second-order valence-corrected chi connectivity index (χ2v) is 16.7. The Morgan fingerprint density at radius 2 is 1.85 bits per heavy atom. The standard InChI is InChI=1S/C26H35F3O3Si/c1-24(2,3)33(5,6)32-16-8-10-17-15(13-16)7-9-19-18(17)11-12-25(4)21(19)14-20(22(25)30)23(31)26(27,28)29/h8,10,13,18-19,21,31H,7,9,11-12,14H2,1-6H3/t18-,19-,21+,25+/m1/s1. The van der Waals surface area contributed by atoms with Gasteiger partial charge in [0.05, 0.1) is 0 Å². The van der Waals surface area contributed by atoms with Crippen molar-refractivity contribution >= 4 is 14.1 Å². The van der Waals surface area contributed by atoms with Gasteiger partial charge in [0, 0.05) is 11.0 Å². The number of aliphatic hydroxyl groups excluding tert-OH is 1. The largest absolute Gasteiger partial charge is 0.543 e. The maximum Gasteiger partial charge on any atom is 0.449 e. The Hall–Kier alpha value is -1.76. The second-order valence-electron chi connectivity index (χ2n) is 12.0. The van der Waals surface area contributed by atoms with Gasteiger partial charge in [-0.2, -0.15) is 13.2 Å². The molecule has 2 fully saturated rings. The van der Waals surface area contributed by atoms with Gasteiger partial charge in [-0.25, -0.2) is 0 Å². The number of ketones is 1. The summed E-state index contributed by atoms with van der Waals surface area (Å²) in [5.41, 5.74) is 1.27. The van der Waals surface area contributed by atoms with Gasteiger partial charge in [-0.05, 0) is 91.2 Å². The first-order chi connectivity index (χ1) is 15.1. The molecular formula is C26H35F3O3Si. The number of alkyl halides is 3. The van der Waals surface area contributed by atoms with Crippen LogP contribution in [0.3, 0.4) is 0 Å². The molecule has 1 N–H and O–H groups in total. The number of aryl methyl sites for hydroxylation is 1. The Kier molecular flexibility index (Phi) is 5.63. The van der Waals surface area contributed by atoms with E-state index in [1.807, 2.05) is 6.07 Å². The number of fused-ring (bicyclic) bond motifs is 5. The minimum absolute atomic E-state index is 0.0176. The van der Waals surface area contributed by atoms with E-state index in [9.17, 15) is 23.1 Å². The zero-order valence-corrected chi connectivity index (χ0v) is 21.4. The van der Waals surface area contributed by atoms with Crippen molar-refractivity contribution in [2.45, 2.75) is 90.0 Å². The van der Waals surface area contributed by atoms with Crippen LogP contribution in [0.4, 0.5) is 13.2 Å². The summed E-state index contributed by atoms with van der Waals surface area (Å²) in [6.07, 6.45) is -1.87. The molecule has 0 aromatic heterocycles. The number of allylic oxidation sites excluding steroid dienone is 2. The Labute approximate surface area is 195 Å². The molecule has 4 atom stereocenters. The van der Waals surface area contributed by atoms with Crippen LogP contribution in [0.2, 0.25) is 18.1 Å². The summed E-state index contributed by atoms with van der Waals surface area (Å²) in [7, 11) is -1.95. The molecule has 7 heteroatoms. The van der Waals surface area contributed by atoms with Crippen LogP contribution in [0, 0.1) is 17.3 Å². The fourth-order valence-corrected chi connectivity index (χ4v) is 7.10. The van der Waals surface area contributed by atoms with Gasteiger partial charge in [-0.1, -0.05) is 33.8 Å². The summed E-state index contributed by atoms with van der Waals surface area (Å²) in [4.78, 5) is 13.0. The van der Waals surface area contributed by atoms with Crippen molar-refractivity contribution in [1.29, 1.82) is 0 Å². The van der Waals surface area contributed by atoms with Gasteiger partial charge >= 0.3 is 6.18 Å². The van der Waals surface area contributed by atoms with Gasteiger partial charge in [0.2, 0.25) is 14.1 Å². The molecule has 4 rings (SSSR count). The van der Waals surface area contributed by atoms with Crippen molar-refractivity contribution in [1.82, 2.24) is 0 Å². The zero-order chi connectivity index (χ0) is 24.6. The van der Waals surface area contributed by atoms with Crippen molar-refractivity contribution in [2.24, 2.45) is 17.3 Å². The number of aliphatic hydroxyl groups is 1. The predicted octanol–water partition coefficient (Wildman–Crippen LogP) is 7.48. The smallest absolute Gasteiger partial charge is 0.449 e. The number of carbonyl (C=O) groups is 1. The Morgan fingerprint density at radius 3 is 2.45 bits per heavy atom. The quantitative estimate of drug-likeness (QED) is 0.271. The molecule has 33 heavy (non-hydrogen) atoms. The van der Waals surface area contributed by atoms with Crippen LogP contribution in [0.5, 0.6) is 5.75 Å². The summed E-state index contributed by atoms with van der Waals surface area (Å²) in [6, 6.07) is 6.33. The molecule has 2 saturated carbocycles. The number of hydrogen-bond acceptors (Lipinski definition) is 3. The molecule has 3 aliphatic carbocycles. The predicted molar refractivity (Wildman–Crippen MR) is 125 cm³/mol. The monoisotopic (exact) mass is 480 g/mol. The SMILES string of the molecule is CC(C)(C)[Si](C)(C)Oc1ccc2c(c1)CC[C@@H]1[C@@H]2CC[C@]2(C)C(=O)C(=C(O)C(F)(F)F)C[C@@H]12. The highest BCUT2D eigenvalue weighted by molar-refractivity contribution is 6.74. The molecule has 182 valence electrons. The molecule has 0 unspecified atom stereocenters. The van der Waals surface area contributed by atoms with Crippen LogP contribution >= 0.6 is 0 Å². The van der Waals surface area contributed by atoms with Crippen LogP contribution in [-0.2, 0) is 11.2 Å². The molecule has 1 aromatic rings. The molecule has 0 radical (unpaired) electrons. The average Bonchev–Trinajstić information content (AvgIpc) is 2.96. The summed E-state index contributed by atoms with van der Waals surface area (Å²) in [5, 5.41) is 9.88. The third-order valence-corrected chi connectivity index (χ3v) is 13.4. The number of halogens is 3. The first-order valence-electron chi connectivity index (χ1n) is 11.9. The van der Waals surface area contributed by atoms with Crippen LogP contribution in [-0.4, -0.2) is 25.4 Å². The van der Waals surface area contributed by atoms with Gasteiger partial charge < -0.3 is 9.53 Å². The maximum absolute atomic E-state index is 13.2. The third-order valence-electron chi connectivity index (χ3n) is 9.04. The summed E-state index contributed by atoms with van der Waals surface area (Å²) < 4.78 is 46.0. The first-order valence-corrected chi connectivity index (χ1v) is 14.8. The average molecular weight is 481 g/mol. The van der Waals surface area contributed by atoms with E-state index in [0.717, 1.165) is 25.0 Å². The highest BCUT2D eigenvalue weighted by Gasteiger charge is 2.58. The van der Waals surface area contributed by atoms with Crippen molar-refractivity contribution in [3.63, 3.8) is 0 Å². The lowest BCUT2D eigenvalue weighted by Gasteiger charge is -2.48. The van der Waals surface area contributed by atoms with Crippen molar-refractivity contribution in [3.05, 3.63) is 40.7 Å². The van der Waals surface area contributed by atoms with E-state index in [1.54, 1.807) is 6.92 Å². The van der Waals surface area contributed by atoms with Gasteiger partial charge in [-0.3, -0.25) is 4.79 Å². The van der Waals surface area contributed by atoms with E-state index in [0.29, 0.717) is 6.42 Å². The fraction of sp³-hybridized carbons (Fsp3) is 0.654.